The molecule has 6 nitrogen and oxygen atoms in total. The second kappa shape index (κ2) is 6.54. The van der Waals surface area contributed by atoms with Gasteiger partial charge in [0, 0.05) is 31.6 Å². The summed E-state index contributed by atoms with van der Waals surface area (Å²) in [6.45, 7) is 3.83. The van der Waals surface area contributed by atoms with Crippen molar-refractivity contribution in [2.45, 2.75) is 56.5 Å². The molecule has 0 radical (unpaired) electrons. The molecule has 0 aromatic carbocycles. The summed E-state index contributed by atoms with van der Waals surface area (Å²) in [6.07, 6.45) is 6.27. The number of rotatable bonds is 4. The number of carboxylic acids is 1. The van der Waals surface area contributed by atoms with Crippen LogP contribution in [0.5, 0.6) is 0 Å². The van der Waals surface area contributed by atoms with Crippen LogP contribution in [0.4, 0.5) is 0 Å². The van der Waals surface area contributed by atoms with E-state index in [9.17, 15) is 14.7 Å². The Balaban J connectivity index is 1.70. The van der Waals surface area contributed by atoms with E-state index in [-0.39, 0.29) is 11.4 Å². The van der Waals surface area contributed by atoms with E-state index in [4.69, 9.17) is 4.74 Å². The van der Waals surface area contributed by atoms with Gasteiger partial charge in [0.15, 0.2) is 0 Å². The molecule has 2 saturated heterocycles. The zero-order valence-electron chi connectivity index (χ0n) is 13.1. The number of likely N-dealkylation sites (tertiary alicyclic amines) is 1. The van der Waals surface area contributed by atoms with E-state index in [1.807, 2.05) is 0 Å². The molecule has 0 aromatic heterocycles. The van der Waals surface area contributed by atoms with Crippen LogP contribution in [0.1, 0.15) is 44.9 Å². The molecule has 2 aliphatic heterocycles. The van der Waals surface area contributed by atoms with Crippen LogP contribution in [0, 0.1) is 0 Å². The Morgan fingerprint density at radius 2 is 1.77 bits per heavy atom. The summed E-state index contributed by atoms with van der Waals surface area (Å²) in [5.74, 6) is -0.837. The normalized spacial score (nSPS) is 28.9. The highest BCUT2D eigenvalue weighted by molar-refractivity contribution is 5.85. The van der Waals surface area contributed by atoms with Crippen LogP contribution in [0.15, 0.2) is 0 Å². The summed E-state index contributed by atoms with van der Waals surface area (Å²) in [5, 5.41) is 9.29. The maximum Gasteiger partial charge on any atom is 0.326 e. The molecule has 0 aromatic rings. The molecule has 1 aliphatic carbocycles. The SMILES string of the molecule is O=C(O)C1CCCN1C(=O)CC1(N2CCOCC2)CCCC1. The van der Waals surface area contributed by atoms with Gasteiger partial charge in [0.1, 0.15) is 6.04 Å². The first-order chi connectivity index (χ1) is 10.6. The lowest BCUT2D eigenvalue weighted by molar-refractivity contribution is -0.149. The highest BCUT2D eigenvalue weighted by atomic mass is 16.5. The number of ether oxygens (including phenoxy) is 1. The monoisotopic (exact) mass is 310 g/mol. The van der Waals surface area contributed by atoms with Gasteiger partial charge >= 0.3 is 5.97 Å². The van der Waals surface area contributed by atoms with Gasteiger partial charge in [-0.25, -0.2) is 4.79 Å². The van der Waals surface area contributed by atoms with Crippen molar-refractivity contribution in [1.29, 1.82) is 0 Å². The molecular formula is C16H26N2O4. The average molecular weight is 310 g/mol. The largest absolute Gasteiger partial charge is 0.480 e. The standard InChI is InChI=1S/C16H26N2O4/c19-14(18-7-3-4-13(18)15(20)21)12-16(5-1-2-6-16)17-8-10-22-11-9-17/h13H,1-12H2,(H,20,21). The Kier molecular flexibility index (Phi) is 4.68. The van der Waals surface area contributed by atoms with Crippen molar-refractivity contribution in [2.24, 2.45) is 0 Å². The molecule has 1 atom stereocenters. The van der Waals surface area contributed by atoms with Crippen LogP contribution < -0.4 is 0 Å². The van der Waals surface area contributed by atoms with E-state index in [0.29, 0.717) is 19.4 Å². The number of hydrogen-bond donors (Lipinski definition) is 1. The van der Waals surface area contributed by atoms with Crippen LogP contribution in [0.3, 0.4) is 0 Å². The van der Waals surface area contributed by atoms with Crippen LogP contribution >= 0.6 is 0 Å². The molecule has 6 heteroatoms. The van der Waals surface area contributed by atoms with Crippen LogP contribution in [-0.2, 0) is 14.3 Å². The van der Waals surface area contributed by atoms with Crippen LogP contribution in [-0.4, -0.2) is 71.2 Å². The summed E-state index contributed by atoms with van der Waals surface area (Å²) in [5.41, 5.74) is -0.0630. The van der Waals surface area contributed by atoms with Crippen molar-refractivity contribution >= 4 is 11.9 Å². The van der Waals surface area contributed by atoms with Gasteiger partial charge in [0.05, 0.1) is 13.2 Å². The maximum absolute atomic E-state index is 12.8. The molecule has 1 unspecified atom stereocenters. The minimum atomic E-state index is -0.863. The van der Waals surface area contributed by atoms with Crippen LogP contribution in [0.25, 0.3) is 0 Å². The molecule has 0 spiro atoms. The number of aliphatic carboxylic acids is 1. The Morgan fingerprint density at radius 1 is 1.09 bits per heavy atom. The summed E-state index contributed by atoms with van der Waals surface area (Å²) in [7, 11) is 0. The third kappa shape index (κ3) is 2.99. The maximum atomic E-state index is 12.8. The third-order valence-corrected chi connectivity index (χ3v) is 5.55. The Labute approximate surface area is 131 Å². The van der Waals surface area contributed by atoms with Gasteiger partial charge in [-0.2, -0.15) is 0 Å². The van der Waals surface area contributed by atoms with E-state index in [2.05, 4.69) is 4.90 Å². The van der Waals surface area contributed by atoms with Gasteiger partial charge in [-0.3, -0.25) is 9.69 Å². The number of nitrogens with zero attached hydrogens (tertiary/aromatic N) is 2. The topological polar surface area (TPSA) is 70.1 Å². The van der Waals surface area contributed by atoms with Gasteiger partial charge in [-0.05, 0) is 25.7 Å². The fourth-order valence-corrected chi connectivity index (χ4v) is 4.38. The fraction of sp³-hybridized carbons (Fsp3) is 0.875. The highest BCUT2D eigenvalue weighted by Crippen LogP contribution is 2.39. The summed E-state index contributed by atoms with van der Waals surface area (Å²) < 4.78 is 5.44. The zero-order chi connectivity index (χ0) is 15.6. The molecule has 1 amide bonds. The lowest BCUT2D eigenvalue weighted by Gasteiger charge is -2.44. The molecule has 3 fully saturated rings. The van der Waals surface area contributed by atoms with E-state index in [1.165, 1.54) is 0 Å². The predicted molar refractivity (Wildman–Crippen MR) is 80.6 cm³/mol. The van der Waals surface area contributed by atoms with Gasteiger partial charge in [0.2, 0.25) is 5.91 Å². The number of carbonyl (C=O) groups is 2. The molecule has 124 valence electrons. The quantitative estimate of drug-likeness (QED) is 0.842. The summed E-state index contributed by atoms with van der Waals surface area (Å²) in [4.78, 5) is 28.1. The number of carboxylic acid groups (broad SMARTS) is 1. The van der Waals surface area contributed by atoms with E-state index >= 15 is 0 Å². The second-order valence-electron chi connectivity index (χ2n) is 6.79. The van der Waals surface area contributed by atoms with Crippen molar-refractivity contribution in [2.75, 3.05) is 32.8 Å². The first kappa shape index (κ1) is 15.7. The fourth-order valence-electron chi connectivity index (χ4n) is 4.38. The van der Waals surface area contributed by atoms with Crippen molar-refractivity contribution in [3.63, 3.8) is 0 Å². The number of carbonyl (C=O) groups excluding carboxylic acids is 1. The van der Waals surface area contributed by atoms with E-state index in [0.717, 1.165) is 58.4 Å². The molecule has 0 bridgehead atoms. The third-order valence-electron chi connectivity index (χ3n) is 5.55. The zero-order valence-corrected chi connectivity index (χ0v) is 13.1. The predicted octanol–water partition coefficient (Wildman–Crippen LogP) is 1.10. The van der Waals surface area contributed by atoms with Gasteiger partial charge < -0.3 is 14.7 Å². The number of amides is 1. The minimum absolute atomic E-state index is 0.0262. The smallest absolute Gasteiger partial charge is 0.326 e. The molecule has 3 rings (SSSR count). The van der Waals surface area contributed by atoms with Gasteiger partial charge in [-0.1, -0.05) is 12.8 Å². The Morgan fingerprint density at radius 3 is 2.41 bits per heavy atom. The van der Waals surface area contributed by atoms with Crippen molar-refractivity contribution in [1.82, 2.24) is 9.80 Å². The van der Waals surface area contributed by atoms with Gasteiger partial charge in [0.25, 0.3) is 0 Å². The Hall–Kier alpha value is -1.14. The van der Waals surface area contributed by atoms with Crippen LogP contribution in [0.2, 0.25) is 0 Å². The summed E-state index contributed by atoms with van der Waals surface area (Å²) in [6, 6.07) is -0.615. The molecule has 1 N–H and O–H groups in total. The Bertz CT molecular complexity index is 428. The lowest BCUT2D eigenvalue weighted by Crippen LogP contribution is -2.55. The summed E-state index contributed by atoms with van der Waals surface area (Å²) >= 11 is 0. The molecular weight excluding hydrogens is 284 g/mol. The average Bonchev–Trinajstić information content (AvgIpc) is 3.18. The first-order valence-electron chi connectivity index (χ1n) is 8.47. The first-order valence-corrected chi connectivity index (χ1v) is 8.47. The minimum Gasteiger partial charge on any atom is -0.480 e. The molecule has 2 heterocycles. The van der Waals surface area contributed by atoms with Crippen molar-refractivity contribution in [3.8, 4) is 0 Å². The van der Waals surface area contributed by atoms with E-state index < -0.39 is 12.0 Å². The van der Waals surface area contributed by atoms with Gasteiger partial charge in [-0.15, -0.1) is 0 Å². The molecule has 3 aliphatic rings. The van der Waals surface area contributed by atoms with Crippen molar-refractivity contribution < 1.29 is 19.4 Å². The highest BCUT2D eigenvalue weighted by Gasteiger charge is 2.44. The second-order valence-corrected chi connectivity index (χ2v) is 6.79. The molecule has 1 saturated carbocycles. The number of morpholine rings is 1. The number of hydrogen-bond acceptors (Lipinski definition) is 4. The van der Waals surface area contributed by atoms with Crippen molar-refractivity contribution in [3.05, 3.63) is 0 Å². The molecule has 22 heavy (non-hydrogen) atoms. The lowest BCUT2D eigenvalue weighted by atomic mass is 9.89. The van der Waals surface area contributed by atoms with E-state index in [1.54, 1.807) is 4.90 Å².